The van der Waals surface area contributed by atoms with Gasteiger partial charge in [-0.05, 0) is 84.6 Å². The molecule has 3 aromatic heterocycles. The maximum Gasteiger partial charge on any atom is 0.251 e. The van der Waals surface area contributed by atoms with E-state index in [-0.39, 0.29) is 11.5 Å². The number of halogens is 2. The molecule has 3 heterocycles. The number of nitrogen functional groups attached to an aromatic ring is 1. The molecular formula is C31H23F2N3O2. The molecule has 0 saturated heterocycles. The lowest BCUT2D eigenvalue weighted by molar-refractivity contribution is 0.0951. The minimum atomic E-state index is -0.647. The summed E-state index contributed by atoms with van der Waals surface area (Å²) in [6.07, 6.45) is 1.64. The molecule has 0 saturated carbocycles. The van der Waals surface area contributed by atoms with Crippen molar-refractivity contribution in [1.29, 1.82) is 0 Å². The number of nitrogens with zero attached hydrogens (tertiary/aromatic N) is 1. The number of pyridine rings is 1. The summed E-state index contributed by atoms with van der Waals surface area (Å²) < 4.78 is 34.3. The van der Waals surface area contributed by atoms with Crippen LogP contribution in [0.4, 0.5) is 14.6 Å². The molecule has 0 atom stereocenters. The topological polar surface area (TPSA) is 81.2 Å². The van der Waals surface area contributed by atoms with Crippen LogP contribution in [0, 0.1) is 25.5 Å². The zero-order valence-corrected chi connectivity index (χ0v) is 20.8. The fourth-order valence-electron chi connectivity index (χ4n) is 5.21. The van der Waals surface area contributed by atoms with Gasteiger partial charge in [0.15, 0.2) is 0 Å². The van der Waals surface area contributed by atoms with Gasteiger partial charge in [-0.1, -0.05) is 12.7 Å². The number of amides is 1. The van der Waals surface area contributed by atoms with Crippen LogP contribution in [0.25, 0.3) is 49.9 Å². The number of carbonyl (C=O) groups is 1. The van der Waals surface area contributed by atoms with Crippen LogP contribution in [0.2, 0.25) is 0 Å². The third-order valence-corrected chi connectivity index (χ3v) is 7.09. The molecule has 0 spiro atoms. The highest BCUT2D eigenvalue weighted by Gasteiger charge is 2.21. The predicted molar refractivity (Wildman–Crippen MR) is 147 cm³/mol. The predicted octanol–water partition coefficient (Wildman–Crippen LogP) is 7.29. The zero-order chi connectivity index (χ0) is 26.7. The van der Waals surface area contributed by atoms with Crippen LogP contribution in [-0.2, 0) is 6.54 Å². The summed E-state index contributed by atoms with van der Waals surface area (Å²) in [5.41, 5.74) is 11.9. The Kier molecular flexibility index (Phi) is 5.38. The lowest BCUT2D eigenvalue weighted by Crippen LogP contribution is -2.24. The number of furan rings is 2. The lowest BCUT2D eigenvalue weighted by atomic mass is 9.93. The number of nitrogens with one attached hydrogen (secondary N) is 1. The molecule has 5 nitrogen and oxygen atoms in total. The van der Waals surface area contributed by atoms with Crippen molar-refractivity contribution in [2.75, 3.05) is 5.73 Å². The van der Waals surface area contributed by atoms with Gasteiger partial charge >= 0.3 is 0 Å². The van der Waals surface area contributed by atoms with E-state index in [1.165, 1.54) is 12.1 Å². The molecule has 0 aliphatic heterocycles. The van der Waals surface area contributed by atoms with E-state index in [1.807, 2.05) is 38.1 Å². The highest BCUT2D eigenvalue weighted by atomic mass is 19.1. The SMILES string of the molecule is C=Cc1cc2c(cc1-c1ccc(F)cc1F)c1oc2c2cc(C(=O)NCc3c(C)cc(N)nc3C)ccc21. The first-order chi connectivity index (χ1) is 18.2. The number of aryl methyl sites for hydroxylation is 2. The minimum Gasteiger partial charge on any atom is -0.455 e. The number of anilines is 1. The normalized spacial score (nSPS) is 11.6. The number of nitrogens with two attached hydrogens (primary N) is 1. The van der Waals surface area contributed by atoms with Gasteiger partial charge in [0, 0.05) is 51.0 Å². The smallest absolute Gasteiger partial charge is 0.251 e. The van der Waals surface area contributed by atoms with Gasteiger partial charge in [-0.2, -0.15) is 0 Å². The maximum atomic E-state index is 14.6. The zero-order valence-electron chi connectivity index (χ0n) is 20.8. The van der Waals surface area contributed by atoms with Gasteiger partial charge in [0.1, 0.15) is 28.6 Å². The summed E-state index contributed by atoms with van der Waals surface area (Å²) in [5.74, 6) is -1.05. The van der Waals surface area contributed by atoms with Crippen LogP contribution in [-0.4, -0.2) is 10.9 Å². The molecule has 6 aromatic rings. The van der Waals surface area contributed by atoms with Gasteiger partial charge in [-0.3, -0.25) is 4.79 Å². The first-order valence-electron chi connectivity index (χ1n) is 12.1. The Morgan fingerprint density at radius 2 is 1.71 bits per heavy atom. The molecule has 3 N–H and O–H groups in total. The second kappa shape index (κ2) is 8.66. The third kappa shape index (κ3) is 3.66. The molecule has 3 aromatic carbocycles. The summed E-state index contributed by atoms with van der Waals surface area (Å²) >= 11 is 0. The molecule has 0 fully saturated rings. The quantitative estimate of drug-likeness (QED) is 0.240. The number of aromatic nitrogens is 1. The number of hydrogen-bond donors (Lipinski definition) is 2. The van der Waals surface area contributed by atoms with Gasteiger partial charge in [0.25, 0.3) is 5.91 Å². The monoisotopic (exact) mass is 507 g/mol. The molecule has 6 rings (SSSR count). The van der Waals surface area contributed by atoms with Crippen molar-refractivity contribution < 1.29 is 18.0 Å². The molecule has 2 bridgehead atoms. The Morgan fingerprint density at radius 3 is 2.45 bits per heavy atom. The Labute approximate surface area is 216 Å². The molecule has 188 valence electrons. The Hall–Kier alpha value is -4.78. The van der Waals surface area contributed by atoms with E-state index < -0.39 is 11.6 Å². The van der Waals surface area contributed by atoms with Gasteiger partial charge in [-0.15, -0.1) is 0 Å². The average Bonchev–Trinajstić information content (AvgIpc) is 3.44. The molecule has 1 amide bonds. The largest absolute Gasteiger partial charge is 0.455 e. The van der Waals surface area contributed by atoms with E-state index in [0.717, 1.165) is 44.4 Å². The van der Waals surface area contributed by atoms with Crippen LogP contribution in [0.15, 0.2) is 65.6 Å². The van der Waals surface area contributed by atoms with E-state index in [0.29, 0.717) is 40.2 Å². The van der Waals surface area contributed by atoms with Crippen molar-refractivity contribution in [2.45, 2.75) is 20.4 Å². The van der Waals surface area contributed by atoms with E-state index in [4.69, 9.17) is 10.2 Å². The first kappa shape index (κ1) is 23.6. The van der Waals surface area contributed by atoms with Crippen LogP contribution >= 0.6 is 0 Å². The summed E-state index contributed by atoms with van der Waals surface area (Å²) in [6.45, 7) is 8.02. The number of hydrogen-bond acceptors (Lipinski definition) is 4. The van der Waals surface area contributed by atoms with E-state index in [1.54, 1.807) is 18.2 Å². The molecule has 7 heteroatoms. The molecule has 0 aliphatic rings. The van der Waals surface area contributed by atoms with Crippen molar-refractivity contribution in [2.24, 2.45) is 0 Å². The van der Waals surface area contributed by atoms with Crippen LogP contribution in [0.1, 0.15) is 32.7 Å². The van der Waals surface area contributed by atoms with Crippen molar-refractivity contribution in [3.8, 4) is 11.1 Å². The van der Waals surface area contributed by atoms with E-state index in [2.05, 4.69) is 16.9 Å². The van der Waals surface area contributed by atoms with Gasteiger partial charge in [0.2, 0.25) is 0 Å². The summed E-state index contributed by atoms with van der Waals surface area (Å²) in [5, 5.41) is 6.30. The Balaban J connectivity index is 1.39. The maximum absolute atomic E-state index is 14.6. The first-order valence-corrected chi connectivity index (χ1v) is 12.1. The molecule has 38 heavy (non-hydrogen) atoms. The standard InChI is InChI=1S/C31H23F2N3O2/c1-4-17-10-24-25(13-22(17)20-8-6-19(32)12-27(20)33)29-21-7-5-18(11-23(21)30(24)38-29)31(37)35-14-26-15(2)9-28(34)36-16(26)3/h4-13H,1,14H2,2-3H3,(H2,34,36)(H,35,37). The molecule has 0 aliphatic carbocycles. The second-order valence-electron chi connectivity index (χ2n) is 9.44. The van der Waals surface area contributed by atoms with Crippen LogP contribution < -0.4 is 11.1 Å². The summed E-state index contributed by atoms with van der Waals surface area (Å²) in [6, 6.07) is 14.5. The van der Waals surface area contributed by atoms with Gasteiger partial charge in [-0.25, -0.2) is 13.8 Å². The number of rotatable bonds is 5. The highest BCUT2D eigenvalue weighted by molar-refractivity contribution is 6.26. The number of benzene rings is 4. The van der Waals surface area contributed by atoms with Crippen molar-refractivity contribution in [3.63, 3.8) is 0 Å². The summed E-state index contributed by atoms with van der Waals surface area (Å²) in [4.78, 5) is 17.3. The van der Waals surface area contributed by atoms with Crippen LogP contribution in [0.5, 0.6) is 0 Å². The van der Waals surface area contributed by atoms with Crippen molar-refractivity contribution in [3.05, 3.63) is 101 Å². The second-order valence-corrected chi connectivity index (χ2v) is 9.44. The van der Waals surface area contributed by atoms with Gasteiger partial charge < -0.3 is 15.5 Å². The van der Waals surface area contributed by atoms with Crippen LogP contribution in [0.3, 0.4) is 0 Å². The highest BCUT2D eigenvalue weighted by Crippen LogP contribution is 2.44. The fourth-order valence-corrected chi connectivity index (χ4v) is 5.21. The number of carbonyl (C=O) groups excluding carboxylic acids is 1. The number of fused-ring (bicyclic) bond motifs is 8. The molecule has 0 unspecified atom stereocenters. The fraction of sp³-hybridized carbons (Fsp3) is 0.0968. The van der Waals surface area contributed by atoms with E-state index >= 15 is 0 Å². The van der Waals surface area contributed by atoms with Crippen molar-refractivity contribution >= 4 is 50.5 Å². The van der Waals surface area contributed by atoms with Crippen molar-refractivity contribution in [1.82, 2.24) is 10.3 Å². The Morgan fingerprint density at radius 1 is 0.974 bits per heavy atom. The Bertz CT molecular complexity index is 1900. The lowest BCUT2D eigenvalue weighted by Gasteiger charge is -2.12. The molecular weight excluding hydrogens is 484 g/mol. The minimum absolute atomic E-state index is 0.217. The average molecular weight is 508 g/mol. The molecule has 0 radical (unpaired) electrons. The summed E-state index contributed by atoms with van der Waals surface area (Å²) in [7, 11) is 0. The van der Waals surface area contributed by atoms with Gasteiger partial charge in [0.05, 0.1) is 0 Å². The van der Waals surface area contributed by atoms with E-state index in [9.17, 15) is 13.6 Å². The third-order valence-electron chi connectivity index (χ3n) is 7.09.